The maximum absolute atomic E-state index is 11.9. The van der Waals surface area contributed by atoms with Gasteiger partial charge in [0.05, 0.1) is 24.7 Å². The molecule has 1 saturated heterocycles. The van der Waals surface area contributed by atoms with Gasteiger partial charge < -0.3 is 15.2 Å². The molecule has 2 fully saturated rings. The molecule has 2 unspecified atom stereocenters. The standard InChI is InChI=1S/C12H21NO3/c1-8-6-9(7-16-8)12(15)13-10-2-4-11(14)5-3-10/h8-11,14H,2-7H2,1H3,(H,13,15). The summed E-state index contributed by atoms with van der Waals surface area (Å²) in [5.74, 6) is 0.160. The zero-order valence-corrected chi connectivity index (χ0v) is 9.82. The Balaban J connectivity index is 1.75. The third-order valence-electron chi connectivity index (χ3n) is 3.61. The maximum atomic E-state index is 11.9. The van der Waals surface area contributed by atoms with Crippen LogP contribution in [0.3, 0.4) is 0 Å². The van der Waals surface area contributed by atoms with Gasteiger partial charge in [0.15, 0.2) is 0 Å². The molecule has 2 N–H and O–H groups in total. The van der Waals surface area contributed by atoms with Crippen molar-refractivity contribution < 1.29 is 14.6 Å². The molecule has 0 aromatic carbocycles. The van der Waals surface area contributed by atoms with E-state index in [2.05, 4.69) is 5.32 Å². The van der Waals surface area contributed by atoms with E-state index in [1.807, 2.05) is 6.92 Å². The van der Waals surface area contributed by atoms with E-state index in [1.165, 1.54) is 0 Å². The van der Waals surface area contributed by atoms with E-state index in [0.717, 1.165) is 32.1 Å². The van der Waals surface area contributed by atoms with Gasteiger partial charge >= 0.3 is 0 Å². The monoisotopic (exact) mass is 227 g/mol. The summed E-state index contributed by atoms with van der Waals surface area (Å²) in [6.07, 6.45) is 4.30. The Labute approximate surface area is 96.4 Å². The van der Waals surface area contributed by atoms with Gasteiger partial charge in [0.2, 0.25) is 5.91 Å². The highest BCUT2D eigenvalue weighted by molar-refractivity contribution is 5.79. The van der Waals surface area contributed by atoms with E-state index >= 15 is 0 Å². The lowest BCUT2D eigenvalue weighted by atomic mass is 9.92. The third-order valence-corrected chi connectivity index (χ3v) is 3.61. The first-order chi connectivity index (χ1) is 7.65. The number of carbonyl (C=O) groups excluding carboxylic acids is 1. The van der Waals surface area contributed by atoms with E-state index in [1.54, 1.807) is 0 Å². The minimum atomic E-state index is -0.164. The van der Waals surface area contributed by atoms with Crippen LogP contribution >= 0.6 is 0 Å². The fourth-order valence-corrected chi connectivity index (χ4v) is 2.54. The van der Waals surface area contributed by atoms with Crippen LogP contribution in [0.1, 0.15) is 39.0 Å². The molecule has 0 spiro atoms. The molecule has 2 aliphatic rings. The number of hydrogen-bond donors (Lipinski definition) is 2. The van der Waals surface area contributed by atoms with E-state index in [-0.39, 0.29) is 30.1 Å². The number of hydrogen-bond acceptors (Lipinski definition) is 3. The Morgan fingerprint density at radius 1 is 1.31 bits per heavy atom. The summed E-state index contributed by atoms with van der Waals surface area (Å²) in [6.45, 7) is 2.56. The van der Waals surface area contributed by atoms with Crippen LogP contribution in [0.25, 0.3) is 0 Å². The predicted molar refractivity (Wildman–Crippen MR) is 59.9 cm³/mol. The molecular weight excluding hydrogens is 206 g/mol. The first-order valence-corrected chi connectivity index (χ1v) is 6.25. The van der Waals surface area contributed by atoms with Crippen molar-refractivity contribution >= 4 is 5.91 Å². The van der Waals surface area contributed by atoms with Crippen LogP contribution in [0.4, 0.5) is 0 Å². The number of amides is 1. The zero-order valence-electron chi connectivity index (χ0n) is 9.82. The van der Waals surface area contributed by atoms with Crippen LogP contribution in [0.15, 0.2) is 0 Å². The fourth-order valence-electron chi connectivity index (χ4n) is 2.54. The summed E-state index contributed by atoms with van der Waals surface area (Å²) >= 11 is 0. The Morgan fingerprint density at radius 3 is 2.56 bits per heavy atom. The molecule has 0 aromatic heterocycles. The lowest BCUT2D eigenvalue weighted by molar-refractivity contribution is -0.126. The molecule has 4 heteroatoms. The highest BCUT2D eigenvalue weighted by Crippen LogP contribution is 2.22. The third kappa shape index (κ3) is 2.95. The lowest BCUT2D eigenvalue weighted by Gasteiger charge is -2.27. The molecule has 1 amide bonds. The van der Waals surface area contributed by atoms with Gasteiger partial charge in [0.25, 0.3) is 0 Å². The minimum Gasteiger partial charge on any atom is -0.393 e. The Kier molecular flexibility index (Phi) is 3.82. The molecule has 0 bridgehead atoms. The molecule has 2 rings (SSSR count). The van der Waals surface area contributed by atoms with Crippen molar-refractivity contribution in [2.75, 3.05) is 6.61 Å². The molecule has 4 nitrogen and oxygen atoms in total. The van der Waals surface area contributed by atoms with Gasteiger partial charge in [0, 0.05) is 6.04 Å². The highest BCUT2D eigenvalue weighted by atomic mass is 16.5. The average Bonchev–Trinajstić information content (AvgIpc) is 2.68. The lowest BCUT2D eigenvalue weighted by Crippen LogP contribution is -2.41. The Morgan fingerprint density at radius 2 is 2.00 bits per heavy atom. The smallest absolute Gasteiger partial charge is 0.225 e. The van der Waals surface area contributed by atoms with Gasteiger partial charge in [-0.05, 0) is 39.0 Å². The second-order valence-corrected chi connectivity index (χ2v) is 5.09. The van der Waals surface area contributed by atoms with E-state index in [4.69, 9.17) is 4.74 Å². The molecule has 16 heavy (non-hydrogen) atoms. The Hall–Kier alpha value is -0.610. The molecular formula is C12H21NO3. The van der Waals surface area contributed by atoms with Gasteiger partial charge in [-0.15, -0.1) is 0 Å². The summed E-state index contributed by atoms with van der Waals surface area (Å²) in [5, 5.41) is 12.4. The second-order valence-electron chi connectivity index (χ2n) is 5.09. The molecule has 2 atom stereocenters. The van der Waals surface area contributed by atoms with Gasteiger partial charge in [-0.2, -0.15) is 0 Å². The SMILES string of the molecule is CC1CC(C(=O)NC2CCC(O)CC2)CO1. The summed E-state index contributed by atoms with van der Waals surface area (Å²) in [5.41, 5.74) is 0. The van der Waals surface area contributed by atoms with Crippen LogP contribution in [-0.4, -0.2) is 35.9 Å². The van der Waals surface area contributed by atoms with Gasteiger partial charge in [-0.1, -0.05) is 0 Å². The first-order valence-electron chi connectivity index (χ1n) is 6.25. The topological polar surface area (TPSA) is 58.6 Å². The molecule has 1 saturated carbocycles. The predicted octanol–water partition coefficient (Wildman–Crippen LogP) is 0.831. The zero-order chi connectivity index (χ0) is 11.5. The van der Waals surface area contributed by atoms with Crippen LogP contribution in [-0.2, 0) is 9.53 Å². The van der Waals surface area contributed by atoms with E-state index < -0.39 is 0 Å². The van der Waals surface area contributed by atoms with Gasteiger partial charge in [-0.3, -0.25) is 4.79 Å². The summed E-state index contributed by atoms with van der Waals surface area (Å²) in [4.78, 5) is 11.9. The second kappa shape index (κ2) is 5.15. The fraction of sp³-hybridized carbons (Fsp3) is 0.917. The van der Waals surface area contributed by atoms with Crippen LogP contribution in [0, 0.1) is 5.92 Å². The maximum Gasteiger partial charge on any atom is 0.225 e. The molecule has 0 radical (unpaired) electrons. The normalized spacial score (nSPS) is 39.6. The molecule has 1 heterocycles. The van der Waals surface area contributed by atoms with Crippen molar-refractivity contribution in [1.82, 2.24) is 5.32 Å². The number of ether oxygens (including phenoxy) is 1. The number of carbonyl (C=O) groups is 1. The number of nitrogens with one attached hydrogen (secondary N) is 1. The van der Waals surface area contributed by atoms with Crippen LogP contribution in [0.5, 0.6) is 0 Å². The average molecular weight is 227 g/mol. The molecule has 0 aromatic rings. The summed E-state index contributed by atoms with van der Waals surface area (Å²) in [7, 11) is 0. The molecule has 92 valence electrons. The van der Waals surface area contributed by atoms with Crippen molar-refractivity contribution in [2.24, 2.45) is 5.92 Å². The summed E-state index contributed by atoms with van der Waals surface area (Å²) < 4.78 is 5.39. The van der Waals surface area contributed by atoms with Crippen LogP contribution in [0.2, 0.25) is 0 Å². The number of aliphatic hydroxyl groups is 1. The number of aliphatic hydroxyl groups excluding tert-OH is 1. The van der Waals surface area contributed by atoms with Gasteiger partial charge in [-0.25, -0.2) is 0 Å². The Bertz CT molecular complexity index is 249. The van der Waals surface area contributed by atoms with Crippen molar-refractivity contribution in [3.8, 4) is 0 Å². The van der Waals surface area contributed by atoms with E-state index in [9.17, 15) is 9.90 Å². The van der Waals surface area contributed by atoms with E-state index in [0.29, 0.717) is 6.61 Å². The van der Waals surface area contributed by atoms with Crippen molar-refractivity contribution in [3.05, 3.63) is 0 Å². The minimum absolute atomic E-state index is 0.0295. The largest absolute Gasteiger partial charge is 0.393 e. The molecule has 1 aliphatic heterocycles. The highest BCUT2D eigenvalue weighted by Gasteiger charge is 2.30. The quantitative estimate of drug-likeness (QED) is 0.734. The van der Waals surface area contributed by atoms with Crippen molar-refractivity contribution in [2.45, 2.75) is 57.3 Å². The first kappa shape index (κ1) is 11.9. The molecule has 1 aliphatic carbocycles. The van der Waals surface area contributed by atoms with Crippen molar-refractivity contribution in [1.29, 1.82) is 0 Å². The van der Waals surface area contributed by atoms with Crippen LogP contribution < -0.4 is 5.32 Å². The van der Waals surface area contributed by atoms with Crippen molar-refractivity contribution in [3.63, 3.8) is 0 Å². The number of rotatable bonds is 2. The summed E-state index contributed by atoms with van der Waals surface area (Å²) in [6, 6.07) is 0.256. The van der Waals surface area contributed by atoms with Gasteiger partial charge in [0.1, 0.15) is 0 Å².